The van der Waals surface area contributed by atoms with E-state index in [1.54, 1.807) is 17.8 Å². The van der Waals surface area contributed by atoms with Crippen molar-refractivity contribution >= 4 is 53.3 Å². The highest BCUT2D eigenvalue weighted by molar-refractivity contribution is 7.99. The van der Waals surface area contributed by atoms with Crippen molar-refractivity contribution in [1.82, 2.24) is 10.2 Å². The van der Waals surface area contributed by atoms with Crippen molar-refractivity contribution in [2.45, 2.75) is 25.0 Å². The van der Waals surface area contributed by atoms with Crippen LogP contribution in [0.3, 0.4) is 0 Å². The van der Waals surface area contributed by atoms with Crippen LogP contribution >= 0.6 is 47.4 Å². The predicted molar refractivity (Wildman–Crippen MR) is 106 cm³/mol. The Balaban J connectivity index is 0.00000208. The SMILES string of the molecule is Cl.O=C(CSCc1ccc(Cl)cc1Cl)N1CCC2(CCNC2)CC1. The van der Waals surface area contributed by atoms with Crippen LogP contribution in [0, 0.1) is 5.41 Å². The van der Waals surface area contributed by atoms with E-state index in [9.17, 15) is 4.79 Å². The quantitative estimate of drug-likeness (QED) is 0.807. The maximum Gasteiger partial charge on any atom is 0.232 e. The van der Waals surface area contributed by atoms with Gasteiger partial charge in [-0.2, -0.15) is 0 Å². The van der Waals surface area contributed by atoms with Gasteiger partial charge in [-0.1, -0.05) is 29.3 Å². The third kappa shape index (κ3) is 4.95. The van der Waals surface area contributed by atoms with Gasteiger partial charge in [-0.3, -0.25) is 4.79 Å². The van der Waals surface area contributed by atoms with E-state index in [1.165, 1.54) is 6.42 Å². The molecule has 0 aliphatic carbocycles. The molecule has 0 unspecified atom stereocenters. The third-order valence-electron chi connectivity index (χ3n) is 5.01. The van der Waals surface area contributed by atoms with Crippen molar-refractivity contribution in [3.8, 4) is 0 Å². The number of likely N-dealkylation sites (tertiary alicyclic amines) is 1. The molecule has 134 valence electrons. The van der Waals surface area contributed by atoms with Crippen molar-refractivity contribution in [1.29, 1.82) is 0 Å². The Labute approximate surface area is 164 Å². The largest absolute Gasteiger partial charge is 0.342 e. The summed E-state index contributed by atoms with van der Waals surface area (Å²) in [6.07, 6.45) is 3.54. The maximum atomic E-state index is 12.4. The van der Waals surface area contributed by atoms with E-state index >= 15 is 0 Å². The van der Waals surface area contributed by atoms with Gasteiger partial charge in [-0.25, -0.2) is 0 Å². The summed E-state index contributed by atoms with van der Waals surface area (Å²) in [4.78, 5) is 14.4. The molecule has 3 rings (SSSR count). The summed E-state index contributed by atoms with van der Waals surface area (Å²) in [7, 11) is 0. The first kappa shape index (κ1) is 20.2. The van der Waals surface area contributed by atoms with Crippen LogP contribution in [0.4, 0.5) is 0 Å². The van der Waals surface area contributed by atoms with E-state index in [0.717, 1.165) is 50.3 Å². The fraction of sp³-hybridized carbons (Fsp3) is 0.588. The number of halogens is 3. The minimum absolute atomic E-state index is 0. The Kier molecular flexibility index (Phi) is 7.57. The molecule has 1 aromatic carbocycles. The van der Waals surface area contributed by atoms with Gasteiger partial charge < -0.3 is 10.2 Å². The monoisotopic (exact) mass is 408 g/mol. The number of benzene rings is 1. The van der Waals surface area contributed by atoms with E-state index in [1.807, 2.05) is 17.0 Å². The minimum atomic E-state index is 0. The van der Waals surface area contributed by atoms with Gasteiger partial charge in [0.2, 0.25) is 5.91 Å². The topological polar surface area (TPSA) is 32.3 Å². The second-order valence-corrected chi connectivity index (χ2v) is 8.37. The Morgan fingerprint density at radius 2 is 2.00 bits per heavy atom. The molecule has 0 saturated carbocycles. The molecule has 3 nitrogen and oxygen atoms in total. The number of rotatable bonds is 4. The maximum absolute atomic E-state index is 12.4. The first-order valence-corrected chi connectivity index (χ1v) is 9.99. The van der Waals surface area contributed by atoms with Gasteiger partial charge in [-0.15, -0.1) is 24.2 Å². The summed E-state index contributed by atoms with van der Waals surface area (Å²) in [5, 5.41) is 4.77. The molecule has 7 heteroatoms. The van der Waals surface area contributed by atoms with Gasteiger partial charge in [0, 0.05) is 35.4 Å². The van der Waals surface area contributed by atoms with Crippen LogP contribution in [0.2, 0.25) is 10.0 Å². The Bertz CT molecular complexity index is 569. The van der Waals surface area contributed by atoms with E-state index in [-0.39, 0.29) is 18.3 Å². The highest BCUT2D eigenvalue weighted by Gasteiger charge is 2.37. The van der Waals surface area contributed by atoms with Gasteiger partial charge in [0.25, 0.3) is 0 Å². The van der Waals surface area contributed by atoms with Gasteiger partial charge >= 0.3 is 0 Å². The van der Waals surface area contributed by atoms with E-state index in [0.29, 0.717) is 21.2 Å². The Hall–Kier alpha value is -0.130. The molecule has 1 spiro atoms. The lowest BCUT2D eigenvalue weighted by atomic mass is 9.78. The van der Waals surface area contributed by atoms with Crippen molar-refractivity contribution in [3.63, 3.8) is 0 Å². The number of hydrogen-bond donors (Lipinski definition) is 1. The first-order valence-electron chi connectivity index (χ1n) is 8.08. The molecule has 0 aromatic heterocycles. The van der Waals surface area contributed by atoms with E-state index in [2.05, 4.69) is 5.32 Å². The van der Waals surface area contributed by atoms with Gasteiger partial charge in [0.05, 0.1) is 5.75 Å². The lowest BCUT2D eigenvalue weighted by Gasteiger charge is -2.38. The summed E-state index contributed by atoms with van der Waals surface area (Å²) in [5.74, 6) is 1.51. The number of piperidine rings is 1. The molecule has 0 bridgehead atoms. The molecule has 2 aliphatic heterocycles. The highest BCUT2D eigenvalue weighted by Crippen LogP contribution is 2.37. The molecule has 0 atom stereocenters. The molecule has 2 fully saturated rings. The number of nitrogens with one attached hydrogen (secondary N) is 1. The fourth-order valence-electron chi connectivity index (χ4n) is 3.43. The number of carbonyl (C=O) groups is 1. The van der Waals surface area contributed by atoms with E-state index < -0.39 is 0 Å². The summed E-state index contributed by atoms with van der Waals surface area (Å²) < 4.78 is 0. The Morgan fingerprint density at radius 1 is 1.25 bits per heavy atom. The summed E-state index contributed by atoms with van der Waals surface area (Å²) in [5.41, 5.74) is 1.49. The van der Waals surface area contributed by atoms with Crippen LogP contribution in [-0.2, 0) is 10.5 Å². The normalized spacial score (nSPS) is 19.3. The molecule has 24 heavy (non-hydrogen) atoms. The second-order valence-electron chi connectivity index (χ2n) is 6.54. The average Bonchev–Trinajstić information content (AvgIpc) is 2.98. The van der Waals surface area contributed by atoms with Crippen LogP contribution in [0.15, 0.2) is 18.2 Å². The van der Waals surface area contributed by atoms with Crippen molar-refractivity contribution in [2.24, 2.45) is 5.41 Å². The van der Waals surface area contributed by atoms with Crippen molar-refractivity contribution in [3.05, 3.63) is 33.8 Å². The van der Waals surface area contributed by atoms with E-state index in [4.69, 9.17) is 23.2 Å². The standard InChI is InChI=1S/C17H22Cl2N2OS.ClH/c18-14-2-1-13(15(19)9-14)10-23-11-16(22)21-7-4-17(5-8-21)3-6-20-12-17;/h1-2,9,20H,3-8,10-12H2;1H. The van der Waals surface area contributed by atoms with Crippen LogP contribution in [0.1, 0.15) is 24.8 Å². The molecular formula is C17H23Cl3N2OS. The van der Waals surface area contributed by atoms with Crippen molar-refractivity contribution in [2.75, 3.05) is 31.9 Å². The van der Waals surface area contributed by atoms with Crippen LogP contribution < -0.4 is 5.32 Å². The Morgan fingerprint density at radius 3 is 2.62 bits per heavy atom. The highest BCUT2D eigenvalue weighted by atomic mass is 35.5. The van der Waals surface area contributed by atoms with Crippen molar-refractivity contribution < 1.29 is 4.79 Å². The smallest absolute Gasteiger partial charge is 0.232 e. The van der Waals surface area contributed by atoms with Gasteiger partial charge in [0.1, 0.15) is 0 Å². The van der Waals surface area contributed by atoms with Crippen LogP contribution in [0.5, 0.6) is 0 Å². The summed E-state index contributed by atoms with van der Waals surface area (Å²) >= 11 is 13.7. The molecule has 1 aromatic rings. The zero-order valence-electron chi connectivity index (χ0n) is 13.5. The molecular weight excluding hydrogens is 387 g/mol. The average molecular weight is 410 g/mol. The molecule has 1 amide bonds. The number of carbonyl (C=O) groups excluding carboxylic acids is 1. The predicted octanol–water partition coefficient (Wildman–Crippen LogP) is 4.25. The zero-order chi connectivity index (χ0) is 16.3. The summed E-state index contributed by atoms with van der Waals surface area (Å²) in [6, 6.07) is 5.52. The second kappa shape index (κ2) is 9.00. The minimum Gasteiger partial charge on any atom is -0.342 e. The lowest BCUT2D eigenvalue weighted by Crippen LogP contribution is -2.44. The van der Waals surface area contributed by atoms with Gasteiger partial charge in [0.15, 0.2) is 0 Å². The molecule has 2 aliphatic rings. The number of hydrogen-bond acceptors (Lipinski definition) is 3. The number of nitrogens with zero attached hydrogens (tertiary/aromatic N) is 1. The molecule has 2 heterocycles. The van der Waals surface area contributed by atoms with Crippen LogP contribution in [0.25, 0.3) is 0 Å². The lowest BCUT2D eigenvalue weighted by molar-refractivity contribution is -0.130. The molecule has 1 N–H and O–H groups in total. The molecule has 0 radical (unpaired) electrons. The number of thioether (sulfide) groups is 1. The van der Waals surface area contributed by atoms with Crippen LogP contribution in [-0.4, -0.2) is 42.7 Å². The first-order chi connectivity index (χ1) is 11.1. The fourth-order valence-corrected chi connectivity index (χ4v) is 4.92. The zero-order valence-corrected chi connectivity index (χ0v) is 16.7. The summed E-state index contributed by atoms with van der Waals surface area (Å²) in [6.45, 7) is 4.07. The van der Waals surface area contributed by atoms with Gasteiger partial charge in [-0.05, 0) is 48.9 Å². The molecule has 2 saturated heterocycles. The third-order valence-corrected chi connectivity index (χ3v) is 6.56. The number of amides is 1.